The van der Waals surface area contributed by atoms with Gasteiger partial charge in [-0.1, -0.05) is 13.8 Å². The van der Waals surface area contributed by atoms with Gasteiger partial charge in [0, 0.05) is 13.1 Å². The highest BCUT2D eigenvalue weighted by Crippen LogP contribution is 2.29. The van der Waals surface area contributed by atoms with E-state index in [9.17, 15) is 9.59 Å². The minimum Gasteiger partial charge on any atom is -0.369 e. The number of hydrogen-bond donors (Lipinski definition) is 2. The van der Waals surface area contributed by atoms with Crippen LogP contribution in [-0.2, 0) is 9.59 Å². The van der Waals surface area contributed by atoms with Crippen LogP contribution in [0.1, 0.15) is 27.2 Å². The van der Waals surface area contributed by atoms with Gasteiger partial charge in [0.2, 0.25) is 11.8 Å². The molecule has 92 valence electrons. The molecular weight excluding hydrogens is 206 g/mol. The van der Waals surface area contributed by atoms with E-state index in [2.05, 4.69) is 0 Å². The molecule has 0 aromatic rings. The number of amides is 2. The van der Waals surface area contributed by atoms with E-state index in [1.807, 2.05) is 13.8 Å². The summed E-state index contributed by atoms with van der Waals surface area (Å²) < 4.78 is 0. The van der Waals surface area contributed by atoms with E-state index in [4.69, 9.17) is 11.5 Å². The van der Waals surface area contributed by atoms with Gasteiger partial charge >= 0.3 is 0 Å². The van der Waals surface area contributed by atoms with E-state index in [-0.39, 0.29) is 17.7 Å². The molecule has 0 radical (unpaired) electrons. The summed E-state index contributed by atoms with van der Waals surface area (Å²) in [5.41, 5.74) is 10.5. The average Bonchev–Trinajstić information content (AvgIpc) is 2.60. The molecule has 0 aliphatic carbocycles. The molecule has 1 fully saturated rings. The molecule has 1 unspecified atom stereocenters. The second-order valence-corrected chi connectivity index (χ2v) is 5.20. The van der Waals surface area contributed by atoms with E-state index in [1.165, 1.54) is 0 Å². The van der Waals surface area contributed by atoms with Crippen molar-refractivity contribution in [2.45, 2.75) is 33.2 Å². The van der Waals surface area contributed by atoms with Crippen molar-refractivity contribution in [1.29, 1.82) is 0 Å². The molecule has 0 aromatic heterocycles. The van der Waals surface area contributed by atoms with Gasteiger partial charge in [-0.15, -0.1) is 0 Å². The SMILES string of the molecule is CC(C)[C@@H](N)C(=O)N1CCC(C)(C(N)=O)C1. The molecule has 1 heterocycles. The van der Waals surface area contributed by atoms with Crippen LogP contribution >= 0.6 is 0 Å². The Morgan fingerprint density at radius 3 is 2.31 bits per heavy atom. The van der Waals surface area contributed by atoms with Crippen molar-refractivity contribution in [2.24, 2.45) is 22.8 Å². The zero-order valence-corrected chi connectivity index (χ0v) is 10.2. The molecule has 2 amide bonds. The first-order chi connectivity index (χ1) is 7.28. The summed E-state index contributed by atoms with van der Waals surface area (Å²) in [5, 5.41) is 0. The maximum absolute atomic E-state index is 11.9. The molecule has 4 N–H and O–H groups in total. The van der Waals surface area contributed by atoms with Gasteiger partial charge in [0.05, 0.1) is 11.5 Å². The minimum atomic E-state index is -0.591. The molecule has 1 aliphatic heterocycles. The van der Waals surface area contributed by atoms with Gasteiger partial charge in [0.1, 0.15) is 0 Å². The van der Waals surface area contributed by atoms with Gasteiger partial charge in [0.25, 0.3) is 0 Å². The lowest BCUT2D eigenvalue weighted by Gasteiger charge is -2.25. The van der Waals surface area contributed by atoms with Crippen molar-refractivity contribution in [3.63, 3.8) is 0 Å². The first-order valence-electron chi connectivity index (χ1n) is 5.62. The molecular formula is C11H21N3O2. The highest BCUT2D eigenvalue weighted by Gasteiger charge is 2.41. The lowest BCUT2D eigenvalue weighted by atomic mass is 9.89. The van der Waals surface area contributed by atoms with Crippen molar-refractivity contribution < 1.29 is 9.59 Å². The number of nitrogens with zero attached hydrogens (tertiary/aromatic N) is 1. The van der Waals surface area contributed by atoms with E-state index < -0.39 is 11.5 Å². The summed E-state index contributed by atoms with van der Waals surface area (Å²) in [6.07, 6.45) is 0.624. The van der Waals surface area contributed by atoms with Crippen LogP contribution in [0.5, 0.6) is 0 Å². The lowest BCUT2D eigenvalue weighted by Crippen LogP contribution is -2.47. The van der Waals surface area contributed by atoms with Gasteiger partial charge in [-0.25, -0.2) is 0 Å². The second-order valence-electron chi connectivity index (χ2n) is 5.20. The van der Waals surface area contributed by atoms with Crippen LogP contribution in [-0.4, -0.2) is 35.8 Å². The van der Waals surface area contributed by atoms with Crippen LogP contribution in [0.3, 0.4) is 0 Å². The van der Waals surface area contributed by atoms with Crippen LogP contribution in [0.4, 0.5) is 0 Å². The number of nitrogens with two attached hydrogens (primary N) is 2. The minimum absolute atomic E-state index is 0.0834. The summed E-state index contributed by atoms with van der Waals surface area (Å²) >= 11 is 0. The Bertz CT molecular complexity index is 304. The fourth-order valence-electron chi connectivity index (χ4n) is 1.85. The van der Waals surface area contributed by atoms with Crippen molar-refractivity contribution in [3.05, 3.63) is 0 Å². The molecule has 1 saturated heterocycles. The second kappa shape index (κ2) is 4.41. The predicted octanol–water partition coefficient (Wildman–Crippen LogP) is -0.306. The lowest BCUT2D eigenvalue weighted by molar-refractivity contribution is -0.133. The monoisotopic (exact) mass is 227 g/mol. The first kappa shape index (κ1) is 13.0. The molecule has 1 rings (SSSR count). The Kier molecular flexibility index (Phi) is 3.57. The third-order valence-electron chi connectivity index (χ3n) is 3.38. The van der Waals surface area contributed by atoms with Crippen molar-refractivity contribution >= 4 is 11.8 Å². The molecule has 0 bridgehead atoms. The first-order valence-corrected chi connectivity index (χ1v) is 5.62. The number of hydrogen-bond acceptors (Lipinski definition) is 3. The third-order valence-corrected chi connectivity index (χ3v) is 3.38. The van der Waals surface area contributed by atoms with Gasteiger partial charge in [-0.2, -0.15) is 0 Å². The summed E-state index contributed by atoms with van der Waals surface area (Å²) in [6.45, 7) is 6.57. The topological polar surface area (TPSA) is 89.4 Å². The van der Waals surface area contributed by atoms with E-state index in [0.717, 1.165) is 0 Å². The fraction of sp³-hybridized carbons (Fsp3) is 0.818. The number of carbonyl (C=O) groups is 2. The smallest absolute Gasteiger partial charge is 0.239 e. The van der Waals surface area contributed by atoms with Crippen molar-refractivity contribution in [2.75, 3.05) is 13.1 Å². The van der Waals surface area contributed by atoms with E-state index in [0.29, 0.717) is 19.5 Å². The quantitative estimate of drug-likeness (QED) is 0.693. The number of likely N-dealkylation sites (tertiary alicyclic amines) is 1. The van der Waals surface area contributed by atoms with Crippen molar-refractivity contribution in [3.8, 4) is 0 Å². The summed E-state index contributed by atoms with van der Waals surface area (Å²) in [6, 6.07) is -0.491. The van der Waals surface area contributed by atoms with Gasteiger partial charge < -0.3 is 16.4 Å². The number of primary amides is 1. The average molecular weight is 227 g/mol. The summed E-state index contributed by atoms with van der Waals surface area (Å²) in [5.74, 6) is -0.325. The Morgan fingerprint density at radius 1 is 1.38 bits per heavy atom. The standard InChI is InChI=1S/C11H21N3O2/c1-7(2)8(12)9(15)14-5-4-11(3,6-14)10(13)16/h7-8H,4-6,12H2,1-3H3,(H2,13,16)/t8-,11?/m1/s1. The van der Waals surface area contributed by atoms with Crippen LogP contribution < -0.4 is 11.5 Å². The summed E-state index contributed by atoms with van der Waals surface area (Å²) in [7, 11) is 0. The Morgan fingerprint density at radius 2 is 1.94 bits per heavy atom. The highest BCUT2D eigenvalue weighted by atomic mass is 16.2. The van der Waals surface area contributed by atoms with Gasteiger partial charge in [-0.3, -0.25) is 9.59 Å². The van der Waals surface area contributed by atoms with E-state index in [1.54, 1.807) is 11.8 Å². The fourth-order valence-corrected chi connectivity index (χ4v) is 1.85. The molecule has 5 nitrogen and oxygen atoms in total. The zero-order chi connectivity index (χ0) is 12.5. The van der Waals surface area contributed by atoms with E-state index >= 15 is 0 Å². The molecule has 0 saturated carbocycles. The highest BCUT2D eigenvalue weighted by molar-refractivity contribution is 5.85. The predicted molar refractivity (Wildman–Crippen MR) is 61.3 cm³/mol. The van der Waals surface area contributed by atoms with Gasteiger partial charge in [-0.05, 0) is 19.3 Å². The maximum atomic E-state index is 11.9. The zero-order valence-electron chi connectivity index (χ0n) is 10.2. The normalized spacial score (nSPS) is 27.2. The van der Waals surface area contributed by atoms with Crippen molar-refractivity contribution in [1.82, 2.24) is 4.90 Å². The molecule has 0 spiro atoms. The van der Waals surface area contributed by atoms with Crippen LogP contribution in [0.2, 0.25) is 0 Å². The summed E-state index contributed by atoms with van der Waals surface area (Å²) in [4.78, 5) is 24.8. The number of carbonyl (C=O) groups excluding carboxylic acids is 2. The molecule has 1 aliphatic rings. The van der Waals surface area contributed by atoms with Gasteiger partial charge in [0.15, 0.2) is 0 Å². The Balaban J connectivity index is 2.67. The number of rotatable bonds is 3. The molecule has 2 atom stereocenters. The Labute approximate surface area is 96.1 Å². The molecule has 16 heavy (non-hydrogen) atoms. The van der Waals surface area contributed by atoms with Crippen LogP contribution in [0.25, 0.3) is 0 Å². The third kappa shape index (κ3) is 2.35. The molecule has 0 aromatic carbocycles. The maximum Gasteiger partial charge on any atom is 0.239 e. The molecule has 5 heteroatoms. The van der Waals surface area contributed by atoms with Crippen LogP contribution in [0, 0.1) is 11.3 Å². The van der Waals surface area contributed by atoms with Crippen LogP contribution in [0.15, 0.2) is 0 Å². The Hall–Kier alpha value is -1.10. The largest absolute Gasteiger partial charge is 0.369 e.